The van der Waals surface area contributed by atoms with Gasteiger partial charge >= 0.3 is 0 Å². The summed E-state index contributed by atoms with van der Waals surface area (Å²) in [4.78, 5) is 0. The van der Waals surface area contributed by atoms with Gasteiger partial charge in [0, 0.05) is 16.5 Å². The highest BCUT2D eigenvalue weighted by Crippen LogP contribution is 2.76. The van der Waals surface area contributed by atoms with Crippen LogP contribution in [-0.4, -0.2) is 11.3 Å². The summed E-state index contributed by atoms with van der Waals surface area (Å²) in [6.45, 7) is 0.469. The van der Waals surface area contributed by atoms with Crippen molar-refractivity contribution in [3.63, 3.8) is 0 Å². The van der Waals surface area contributed by atoms with Gasteiger partial charge in [-0.05, 0) is 22.8 Å². The fourth-order valence-electron chi connectivity index (χ4n) is 6.34. The lowest BCUT2D eigenvalue weighted by atomic mass is 9.83. The normalized spacial score (nSPS) is 25.3. The number of fused-ring (bicyclic) bond motifs is 2. The highest BCUT2D eigenvalue weighted by Gasteiger charge is 2.71. The molecule has 4 nitrogen and oxygen atoms in total. The Bertz CT molecular complexity index is 1490. The summed E-state index contributed by atoms with van der Waals surface area (Å²) in [5.41, 5.74) is 3.46. The molecule has 0 amide bonds. The molecule has 0 fully saturated rings. The van der Waals surface area contributed by atoms with E-state index in [1.165, 1.54) is 11.1 Å². The number of azo groups is 1. The number of nitrogens with zero attached hydrogens (tertiary/aromatic N) is 2. The van der Waals surface area contributed by atoms with Crippen molar-refractivity contribution in [3.8, 4) is 0 Å². The van der Waals surface area contributed by atoms with E-state index in [0.717, 1.165) is 21.9 Å². The monoisotopic (exact) mass is 488 g/mol. The summed E-state index contributed by atoms with van der Waals surface area (Å²) in [6, 6.07) is 38.1. The van der Waals surface area contributed by atoms with Gasteiger partial charge in [-0.15, -0.1) is 0 Å². The molecule has 176 valence electrons. The molecule has 7 rings (SSSR count). The van der Waals surface area contributed by atoms with Gasteiger partial charge in [-0.1, -0.05) is 115 Å². The maximum absolute atomic E-state index is 15.7. The molecule has 0 radical (unpaired) electrons. The molecule has 36 heavy (non-hydrogen) atoms. The van der Waals surface area contributed by atoms with Crippen molar-refractivity contribution in [3.05, 3.63) is 144 Å². The number of hydrogen-bond donors (Lipinski definition) is 0. The van der Waals surface area contributed by atoms with E-state index in [-0.39, 0.29) is 17.9 Å². The first-order valence-corrected chi connectivity index (χ1v) is 14.0. The van der Waals surface area contributed by atoms with E-state index < -0.39 is 12.4 Å². The molecule has 2 aliphatic carbocycles. The first-order valence-electron chi connectivity index (χ1n) is 12.3. The van der Waals surface area contributed by atoms with Crippen LogP contribution >= 0.6 is 7.14 Å². The minimum atomic E-state index is -3.29. The van der Waals surface area contributed by atoms with Gasteiger partial charge < -0.3 is 9.30 Å². The Labute approximate surface area is 210 Å². The number of benzene rings is 4. The van der Waals surface area contributed by atoms with Crippen LogP contribution in [0.3, 0.4) is 0 Å². The van der Waals surface area contributed by atoms with Gasteiger partial charge in [0.25, 0.3) is 0 Å². The van der Waals surface area contributed by atoms with Crippen molar-refractivity contribution in [1.82, 2.24) is 0 Å². The standard InChI is InChI=1S/C31H25N2O2P/c34-36(23-14-6-2-7-15-23,24-16-8-3-9-17-24)31-27-20-28(35-21-22-12-4-1-5-13-22)30(32-33-31)29(31)26-19-11-10-18-25(26)27/h1-20,27,29-30H,21H2. The van der Waals surface area contributed by atoms with Crippen LogP contribution in [0, 0.1) is 0 Å². The summed E-state index contributed by atoms with van der Waals surface area (Å²) in [5, 5.41) is 10.6. The third-order valence-corrected chi connectivity index (χ3v) is 11.6. The maximum Gasteiger partial charge on any atom is 0.172 e. The van der Waals surface area contributed by atoms with Gasteiger partial charge in [-0.25, -0.2) is 0 Å². The van der Waals surface area contributed by atoms with Crippen LogP contribution in [0.5, 0.6) is 0 Å². The van der Waals surface area contributed by atoms with E-state index in [1.54, 1.807) is 0 Å². The topological polar surface area (TPSA) is 51.0 Å². The van der Waals surface area contributed by atoms with Crippen LogP contribution in [0.2, 0.25) is 0 Å². The molecule has 4 unspecified atom stereocenters. The van der Waals surface area contributed by atoms with Gasteiger partial charge in [0.1, 0.15) is 18.4 Å². The Morgan fingerprint density at radius 1 is 0.722 bits per heavy atom. The predicted molar refractivity (Wildman–Crippen MR) is 142 cm³/mol. The summed E-state index contributed by atoms with van der Waals surface area (Å²) in [5.74, 6) is 0.480. The Morgan fingerprint density at radius 3 is 1.92 bits per heavy atom. The molecule has 0 spiro atoms. The molecular weight excluding hydrogens is 463 g/mol. The highest BCUT2D eigenvalue weighted by molar-refractivity contribution is 7.80. The maximum atomic E-state index is 15.7. The van der Waals surface area contributed by atoms with Crippen molar-refractivity contribution < 1.29 is 9.30 Å². The average Bonchev–Trinajstić information content (AvgIpc) is 3.36. The zero-order chi connectivity index (χ0) is 24.2. The van der Waals surface area contributed by atoms with Crippen molar-refractivity contribution in [1.29, 1.82) is 0 Å². The number of rotatable bonds is 6. The first kappa shape index (κ1) is 21.5. The average molecular weight is 489 g/mol. The van der Waals surface area contributed by atoms with E-state index in [1.807, 2.05) is 78.9 Å². The smallest absolute Gasteiger partial charge is 0.172 e. The van der Waals surface area contributed by atoms with E-state index in [0.29, 0.717) is 6.61 Å². The third-order valence-electron chi connectivity index (χ3n) is 7.85. The summed E-state index contributed by atoms with van der Waals surface area (Å²) in [6.07, 6.45) is 2.16. The number of ether oxygens (including phenoxy) is 1. The summed E-state index contributed by atoms with van der Waals surface area (Å²) < 4.78 is 22.1. The van der Waals surface area contributed by atoms with Gasteiger partial charge in [-0.2, -0.15) is 10.2 Å². The molecule has 4 atom stereocenters. The second-order valence-electron chi connectivity index (χ2n) is 9.65. The zero-order valence-electron chi connectivity index (χ0n) is 19.6. The third kappa shape index (κ3) is 2.85. The molecule has 3 aliphatic rings. The van der Waals surface area contributed by atoms with E-state index in [2.05, 4.69) is 42.5 Å². The molecule has 1 aliphatic heterocycles. The zero-order valence-corrected chi connectivity index (χ0v) is 20.5. The van der Waals surface area contributed by atoms with Crippen molar-refractivity contribution in [2.75, 3.05) is 0 Å². The van der Waals surface area contributed by atoms with Gasteiger partial charge in [0.2, 0.25) is 0 Å². The molecule has 0 saturated heterocycles. The van der Waals surface area contributed by atoms with Crippen molar-refractivity contribution >= 4 is 17.8 Å². The summed E-state index contributed by atoms with van der Waals surface area (Å²) >= 11 is 0. The van der Waals surface area contributed by atoms with E-state index >= 15 is 4.57 Å². The molecule has 4 aromatic carbocycles. The summed E-state index contributed by atoms with van der Waals surface area (Å²) in [7, 11) is -3.29. The molecular formula is C31H25N2O2P. The van der Waals surface area contributed by atoms with Crippen molar-refractivity contribution in [2.45, 2.75) is 29.8 Å². The highest BCUT2D eigenvalue weighted by atomic mass is 31.2. The predicted octanol–water partition coefficient (Wildman–Crippen LogP) is 6.53. The van der Waals surface area contributed by atoms with E-state index in [9.17, 15) is 0 Å². The molecule has 0 saturated carbocycles. The SMILES string of the molecule is O=P(c1ccccc1)(c1ccccc1)C12N=NC3C(OCc4ccccc4)=CC1c1ccccc1C32. The lowest BCUT2D eigenvalue weighted by molar-refractivity contribution is 0.168. The molecule has 1 heterocycles. The fourth-order valence-corrected chi connectivity index (χ4v) is 10.1. The van der Waals surface area contributed by atoms with Gasteiger partial charge in [0.05, 0.1) is 5.92 Å². The number of hydrogen-bond acceptors (Lipinski definition) is 4. The molecule has 5 heteroatoms. The minimum Gasteiger partial charge on any atom is -0.491 e. The minimum absolute atomic E-state index is 0.152. The second kappa shape index (κ2) is 8.15. The molecule has 4 bridgehead atoms. The van der Waals surface area contributed by atoms with Crippen LogP contribution < -0.4 is 10.6 Å². The van der Waals surface area contributed by atoms with Crippen molar-refractivity contribution in [2.24, 2.45) is 10.2 Å². The lowest BCUT2D eigenvalue weighted by Crippen LogP contribution is -2.45. The Morgan fingerprint density at radius 2 is 1.28 bits per heavy atom. The van der Waals surface area contributed by atoms with Crippen LogP contribution in [-0.2, 0) is 15.9 Å². The van der Waals surface area contributed by atoms with Gasteiger partial charge in [-0.3, -0.25) is 0 Å². The van der Waals surface area contributed by atoms with Crippen LogP contribution in [0.25, 0.3) is 0 Å². The second-order valence-corrected chi connectivity index (χ2v) is 12.6. The molecule has 0 N–H and O–H groups in total. The Hall–Kier alpha value is -3.75. The molecule has 4 aromatic rings. The van der Waals surface area contributed by atoms with Crippen LogP contribution in [0.4, 0.5) is 0 Å². The first-order chi connectivity index (χ1) is 17.7. The quantitative estimate of drug-likeness (QED) is 0.290. The van der Waals surface area contributed by atoms with Gasteiger partial charge in [0.15, 0.2) is 12.4 Å². The molecule has 0 aromatic heterocycles. The largest absolute Gasteiger partial charge is 0.491 e. The Kier molecular flexibility index (Phi) is 4.87. The Balaban J connectivity index is 1.42. The van der Waals surface area contributed by atoms with E-state index in [4.69, 9.17) is 15.0 Å². The van der Waals surface area contributed by atoms with Crippen LogP contribution in [0.1, 0.15) is 28.5 Å². The fraction of sp³-hybridized carbons (Fsp3) is 0.161. The lowest BCUT2D eigenvalue weighted by Gasteiger charge is -2.42. The van der Waals surface area contributed by atoms with Crippen LogP contribution in [0.15, 0.2) is 137 Å².